The quantitative estimate of drug-likeness (QED) is 0.544. The van der Waals surface area contributed by atoms with E-state index in [-0.39, 0.29) is 29.4 Å². The fourth-order valence-electron chi connectivity index (χ4n) is 3.81. The zero-order valence-electron chi connectivity index (χ0n) is 17.3. The smallest absolute Gasteiger partial charge is 0.266 e. The van der Waals surface area contributed by atoms with Crippen molar-refractivity contribution < 1.29 is 26.3 Å². The van der Waals surface area contributed by atoms with E-state index in [0.29, 0.717) is 5.69 Å². The summed E-state index contributed by atoms with van der Waals surface area (Å²) in [5, 5.41) is 3.84. The van der Waals surface area contributed by atoms with Gasteiger partial charge in [0.25, 0.3) is 15.9 Å². The molecule has 0 bridgehead atoms. The number of aryl methyl sites for hydroxylation is 1. The third kappa shape index (κ3) is 5.06. The molecule has 1 aliphatic rings. The van der Waals surface area contributed by atoms with Crippen LogP contribution >= 0.6 is 11.6 Å². The van der Waals surface area contributed by atoms with Crippen LogP contribution in [-0.2, 0) is 17.1 Å². The lowest BCUT2D eigenvalue weighted by Gasteiger charge is -2.36. The molecule has 0 radical (unpaired) electrons. The Labute approximate surface area is 192 Å². The van der Waals surface area contributed by atoms with Crippen molar-refractivity contribution in [1.29, 1.82) is 0 Å². The molecular weight excluding hydrogens is 483 g/mol. The number of aromatic nitrogens is 4. The number of ether oxygens (including phenoxy) is 1. The summed E-state index contributed by atoms with van der Waals surface area (Å²) < 4.78 is 77.8. The van der Waals surface area contributed by atoms with Gasteiger partial charge in [0.1, 0.15) is 34.7 Å². The Hall–Kier alpha value is -2.86. The van der Waals surface area contributed by atoms with Crippen LogP contribution in [0.5, 0.6) is 5.75 Å². The van der Waals surface area contributed by atoms with Crippen LogP contribution in [0.4, 0.5) is 19.0 Å². The van der Waals surface area contributed by atoms with Crippen LogP contribution in [0.25, 0.3) is 0 Å². The Morgan fingerprint density at radius 3 is 2.73 bits per heavy atom. The molecule has 13 heteroatoms. The summed E-state index contributed by atoms with van der Waals surface area (Å²) in [6.07, 6.45) is 2.17. The Morgan fingerprint density at radius 2 is 2.06 bits per heavy atom. The van der Waals surface area contributed by atoms with E-state index < -0.39 is 45.1 Å². The lowest BCUT2D eigenvalue weighted by atomic mass is 9.82. The molecule has 1 aliphatic carbocycles. The van der Waals surface area contributed by atoms with Crippen LogP contribution in [0.15, 0.2) is 47.9 Å². The zero-order valence-corrected chi connectivity index (χ0v) is 18.8. The maximum atomic E-state index is 14.8. The Kier molecular flexibility index (Phi) is 6.23. The van der Waals surface area contributed by atoms with Crippen molar-refractivity contribution in [2.24, 2.45) is 7.05 Å². The van der Waals surface area contributed by atoms with Crippen LogP contribution in [0.3, 0.4) is 0 Å². The van der Waals surface area contributed by atoms with E-state index in [0.717, 1.165) is 18.5 Å². The van der Waals surface area contributed by atoms with E-state index in [4.69, 9.17) is 16.3 Å². The van der Waals surface area contributed by atoms with Gasteiger partial charge in [-0.15, -0.1) is 0 Å². The Morgan fingerprint density at radius 1 is 1.27 bits per heavy atom. The predicted octanol–water partition coefficient (Wildman–Crippen LogP) is 4.15. The molecular formula is C20H19ClF3N5O3S. The van der Waals surface area contributed by atoms with E-state index >= 15 is 0 Å². The maximum Gasteiger partial charge on any atom is 0.266 e. The van der Waals surface area contributed by atoms with Gasteiger partial charge in [-0.2, -0.15) is 5.10 Å². The number of anilines is 1. The molecule has 0 amide bonds. The van der Waals surface area contributed by atoms with Gasteiger partial charge in [0.05, 0.1) is 5.02 Å². The topological polar surface area (TPSA) is 99.0 Å². The molecule has 2 aromatic heterocycles. The third-order valence-corrected chi connectivity index (χ3v) is 7.05. The van der Waals surface area contributed by atoms with E-state index in [1.165, 1.54) is 12.3 Å². The van der Waals surface area contributed by atoms with Gasteiger partial charge in [-0.3, -0.25) is 9.40 Å². The second-order valence-corrected chi connectivity index (χ2v) is 9.71. The Bertz CT molecular complexity index is 1260. The van der Waals surface area contributed by atoms with Gasteiger partial charge < -0.3 is 4.74 Å². The van der Waals surface area contributed by atoms with Crippen molar-refractivity contribution in [3.63, 3.8) is 0 Å². The fourth-order valence-corrected chi connectivity index (χ4v) is 5.18. The number of benzene rings is 1. The first-order chi connectivity index (χ1) is 15.6. The summed E-state index contributed by atoms with van der Waals surface area (Å²) in [5.74, 6) is -4.85. The number of rotatable bonds is 6. The normalized spacial score (nSPS) is 20.4. The van der Waals surface area contributed by atoms with Crippen molar-refractivity contribution in [3.05, 3.63) is 59.5 Å². The first-order valence-electron chi connectivity index (χ1n) is 9.86. The monoisotopic (exact) mass is 501 g/mol. The fraction of sp³-hybridized carbons (Fsp3) is 0.350. The molecule has 3 aromatic rings. The molecule has 2 heterocycles. The molecule has 176 valence electrons. The van der Waals surface area contributed by atoms with Gasteiger partial charge in [0.2, 0.25) is 0 Å². The number of hydrogen-bond acceptors (Lipinski definition) is 6. The standard InChI is InChI=1S/C20H19ClF3N5O3S/c1-29-15(3-7-27-29)12-2-5-20(23,24)10-17(12)32-16-9-14(22)18(8-13(16)21)33(30,31)28-19-4-6-25-11-26-19/h3-4,6-9,11-12,17H,2,5,10H2,1H3,(H,25,26,28)/t12?,17-/m0/s1. The maximum absolute atomic E-state index is 14.8. The van der Waals surface area contributed by atoms with Crippen LogP contribution in [-0.4, -0.2) is 40.2 Å². The minimum Gasteiger partial charge on any atom is -0.488 e. The van der Waals surface area contributed by atoms with Gasteiger partial charge in [-0.05, 0) is 24.6 Å². The number of alkyl halides is 2. The minimum absolute atomic E-state index is 0.0655. The highest BCUT2D eigenvalue weighted by atomic mass is 35.5. The highest BCUT2D eigenvalue weighted by molar-refractivity contribution is 7.92. The largest absolute Gasteiger partial charge is 0.488 e. The van der Waals surface area contributed by atoms with Crippen LogP contribution in [0.1, 0.15) is 30.9 Å². The second kappa shape index (κ2) is 8.82. The van der Waals surface area contributed by atoms with Gasteiger partial charge in [0.15, 0.2) is 0 Å². The zero-order chi connectivity index (χ0) is 23.8. The first-order valence-corrected chi connectivity index (χ1v) is 11.7. The van der Waals surface area contributed by atoms with E-state index in [1.54, 1.807) is 24.0 Å². The van der Waals surface area contributed by atoms with Crippen LogP contribution < -0.4 is 9.46 Å². The van der Waals surface area contributed by atoms with Gasteiger partial charge in [0, 0.05) is 50.0 Å². The van der Waals surface area contributed by atoms with Crippen molar-refractivity contribution in [3.8, 4) is 5.75 Å². The van der Waals surface area contributed by atoms with Gasteiger partial charge in [-0.1, -0.05) is 11.6 Å². The summed E-state index contributed by atoms with van der Waals surface area (Å²) in [7, 11) is -2.68. The number of nitrogens with zero attached hydrogens (tertiary/aromatic N) is 4. The van der Waals surface area contributed by atoms with E-state index in [2.05, 4.69) is 19.8 Å². The molecule has 33 heavy (non-hydrogen) atoms. The molecule has 0 spiro atoms. The number of hydrogen-bond donors (Lipinski definition) is 1. The molecule has 2 atom stereocenters. The average Bonchev–Trinajstić information content (AvgIpc) is 3.16. The summed E-state index contributed by atoms with van der Waals surface area (Å²) in [6, 6.07) is 4.65. The first kappa shape index (κ1) is 23.3. The Balaban J connectivity index is 1.62. The van der Waals surface area contributed by atoms with Crippen molar-refractivity contribution in [1.82, 2.24) is 19.7 Å². The summed E-state index contributed by atoms with van der Waals surface area (Å²) in [6.45, 7) is 0. The summed E-state index contributed by atoms with van der Waals surface area (Å²) >= 11 is 6.19. The highest BCUT2D eigenvalue weighted by Gasteiger charge is 2.44. The average molecular weight is 502 g/mol. The molecule has 0 aliphatic heterocycles. The van der Waals surface area contributed by atoms with Crippen LogP contribution in [0.2, 0.25) is 5.02 Å². The molecule has 1 unspecified atom stereocenters. The van der Waals surface area contributed by atoms with E-state index in [9.17, 15) is 21.6 Å². The number of nitrogens with one attached hydrogen (secondary N) is 1. The molecule has 1 N–H and O–H groups in total. The molecule has 1 aromatic carbocycles. The third-order valence-electron chi connectivity index (χ3n) is 5.38. The molecule has 4 rings (SSSR count). The predicted molar refractivity (Wildman–Crippen MR) is 113 cm³/mol. The van der Waals surface area contributed by atoms with Gasteiger partial charge >= 0.3 is 0 Å². The SMILES string of the molecule is Cn1nccc1C1CCC(F)(F)C[C@@H]1Oc1cc(F)c(S(=O)(=O)Nc2ccncn2)cc1Cl. The summed E-state index contributed by atoms with van der Waals surface area (Å²) in [5.41, 5.74) is 0.695. The molecule has 8 nitrogen and oxygen atoms in total. The molecule has 1 fully saturated rings. The van der Waals surface area contributed by atoms with Crippen LogP contribution in [0, 0.1) is 5.82 Å². The van der Waals surface area contributed by atoms with Crippen molar-refractivity contribution >= 4 is 27.4 Å². The minimum atomic E-state index is -4.37. The second-order valence-electron chi connectivity index (χ2n) is 7.65. The van der Waals surface area contributed by atoms with Gasteiger partial charge in [-0.25, -0.2) is 31.6 Å². The van der Waals surface area contributed by atoms with E-state index in [1.807, 2.05) is 0 Å². The molecule has 0 saturated heterocycles. The molecule has 1 saturated carbocycles. The number of sulfonamides is 1. The highest BCUT2D eigenvalue weighted by Crippen LogP contribution is 2.44. The van der Waals surface area contributed by atoms with Crippen molar-refractivity contribution in [2.45, 2.75) is 42.1 Å². The summed E-state index contributed by atoms with van der Waals surface area (Å²) in [4.78, 5) is 6.66. The lowest BCUT2D eigenvalue weighted by Crippen LogP contribution is -2.39. The lowest BCUT2D eigenvalue weighted by molar-refractivity contribution is -0.0780. The number of halogens is 4. The van der Waals surface area contributed by atoms with Crippen molar-refractivity contribution in [2.75, 3.05) is 4.72 Å².